The average molecular weight is 189 g/mol. The fourth-order valence-electron chi connectivity index (χ4n) is 1.61. The van der Waals surface area contributed by atoms with Crippen LogP contribution in [0.25, 0.3) is 11.4 Å². The summed E-state index contributed by atoms with van der Waals surface area (Å²) in [5.74, 6) is 0.931. The highest BCUT2D eigenvalue weighted by Gasteiger charge is 2.26. The van der Waals surface area contributed by atoms with Gasteiger partial charge in [0.2, 0.25) is 0 Å². The van der Waals surface area contributed by atoms with Crippen molar-refractivity contribution in [3.8, 4) is 11.4 Å². The van der Waals surface area contributed by atoms with Gasteiger partial charge in [-0.25, -0.2) is 0 Å². The zero-order valence-electron chi connectivity index (χ0n) is 7.96. The van der Waals surface area contributed by atoms with Crippen LogP contribution in [0.4, 0.5) is 0 Å². The number of aryl methyl sites for hydroxylation is 1. The van der Waals surface area contributed by atoms with E-state index in [0.29, 0.717) is 6.04 Å². The topological polar surface area (TPSA) is 48.5 Å². The largest absolute Gasteiger partial charge is 0.310 e. The van der Waals surface area contributed by atoms with E-state index >= 15 is 0 Å². The fourth-order valence-corrected chi connectivity index (χ4v) is 1.61. The molecule has 0 saturated heterocycles. The van der Waals surface area contributed by atoms with Crippen LogP contribution < -0.4 is 0 Å². The molecule has 3 rings (SSSR count). The third-order valence-electron chi connectivity index (χ3n) is 2.48. The molecule has 1 saturated carbocycles. The molecule has 0 unspecified atom stereocenters. The summed E-state index contributed by atoms with van der Waals surface area (Å²) in [4.78, 5) is 0. The smallest absolute Gasteiger partial charge is 0.167 e. The van der Waals surface area contributed by atoms with E-state index < -0.39 is 0 Å². The fraction of sp³-hybridized carbons (Fsp3) is 0.444. The molecule has 72 valence electrons. The van der Waals surface area contributed by atoms with Crippen molar-refractivity contribution in [2.24, 2.45) is 7.05 Å². The van der Waals surface area contributed by atoms with Gasteiger partial charge in [-0.15, -0.1) is 10.2 Å². The molecule has 14 heavy (non-hydrogen) atoms. The lowest BCUT2D eigenvalue weighted by atomic mass is 10.3. The average Bonchev–Trinajstić information content (AvgIpc) is 2.75. The lowest BCUT2D eigenvalue weighted by molar-refractivity contribution is 0.745. The second-order valence-corrected chi connectivity index (χ2v) is 3.70. The molecule has 1 fully saturated rings. The van der Waals surface area contributed by atoms with Crippen LogP contribution >= 0.6 is 0 Å². The van der Waals surface area contributed by atoms with Crippen LogP contribution in [0.15, 0.2) is 18.7 Å². The highest BCUT2D eigenvalue weighted by Crippen LogP contribution is 2.37. The Hall–Kier alpha value is -1.65. The molecule has 0 amide bonds. The lowest BCUT2D eigenvalue weighted by Gasteiger charge is -2.00. The summed E-state index contributed by atoms with van der Waals surface area (Å²) in [6, 6.07) is 0.611. The Kier molecular flexibility index (Phi) is 1.47. The molecule has 0 aliphatic heterocycles. The highest BCUT2D eigenvalue weighted by molar-refractivity contribution is 5.52. The third kappa shape index (κ3) is 1.13. The summed E-state index contributed by atoms with van der Waals surface area (Å²) in [6.45, 7) is 0. The monoisotopic (exact) mass is 189 g/mol. The van der Waals surface area contributed by atoms with Crippen LogP contribution in [0.3, 0.4) is 0 Å². The van der Waals surface area contributed by atoms with E-state index in [1.165, 1.54) is 12.8 Å². The zero-order chi connectivity index (χ0) is 9.54. The van der Waals surface area contributed by atoms with Crippen LogP contribution in [0.5, 0.6) is 0 Å². The first kappa shape index (κ1) is 7.73. The van der Waals surface area contributed by atoms with Gasteiger partial charge in [0.1, 0.15) is 6.33 Å². The number of hydrogen-bond donors (Lipinski definition) is 0. The molecule has 0 bridgehead atoms. The van der Waals surface area contributed by atoms with Crippen molar-refractivity contribution in [2.75, 3.05) is 0 Å². The predicted octanol–water partition coefficient (Wildman–Crippen LogP) is 1.01. The van der Waals surface area contributed by atoms with E-state index in [9.17, 15) is 0 Å². The first-order valence-electron chi connectivity index (χ1n) is 4.73. The van der Waals surface area contributed by atoms with Gasteiger partial charge in [0.25, 0.3) is 0 Å². The normalized spacial score (nSPS) is 16.1. The molecule has 0 atom stereocenters. The van der Waals surface area contributed by atoms with Crippen LogP contribution in [0.1, 0.15) is 18.9 Å². The summed E-state index contributed by atoms with van der Waals surface area (Å²) in [7, 11) is 1.90. The van der Waals surface area contributed by atoms with E-state index in [2.05, 4.69) is 19.9 Å². The van der Waals surface area contributed by atoms with E-state index in [0.717, 1.165) is 11.4 Å². The molecule has 2 aromatic rings. The first-order chi connectivity index (χ1) is 6.84. The van der Waals surface area contributed by atoms with Crippen LogP contribution in [0, 0.1) is 0 Å². The lowest BCUT2D eigenvalue weighted by Crippen LogP contribution is -1.94. The molecule has 2 heterocycles. The van der Waals surface area contributed by atoms with Gasteiger partial charge in [-0.3, -0.25) is 4.68 Å². The predicted molar refractivity (Wildman–Crippen MR) is 50.5 cm³/mol. The molecule has 1 aliphatic carbocycles. The van der Waals surface area contributed by atoms with Crippen molar-refractivity contribution in [3.05, 3.63) is 18.7 Å². The Bertz CT molecular complexity index is 451. The van der Waals surface area contributed by atoms with Gasteiger partial charge in [0.05, 0.1) is 11.8 Å². The van der Waals surface area contributed by atoms with Gasteiger partial charge in [-0.2, -0.15) is 5.10 Å². The van der Waals surface area contributed by atoms with Crippen molar-refractivity contribution < 1.29 is 0 Å². The molecule has 0 N–H and O–H groups in total. The van der Waals surface area contributed by atoms with E-state index in [4.69, 9.17) is 0 Å². The molecule has 0 radical (unpaired) electrons. The summed E-state index contributed by atoms with van der Waals surface area (Å²) < 4.78 is 3.91. The number of nitrogens with zero attached hydrogens (tertiary/aromatic N) is 5. The van der Waals surface area contributed by atoms with Crippen molar-refractivity contribution in [1.82, 2.24) is 24.5 Å². The second kappa shape index (κ2) is 2.67. The summed E-state index contributed by atoms with van der Waals surface area (Å²) in [5.41, 5.74) is 1.04. The number of aromatic nitrogens is 5. The highest BCUT2D eigenvalue weighted by atomic mass is 15.3. The van der Waals surface area contributed by atoms with E-state index in [1.54, 1.807) is 11.0 Å². The Morgan fingerprint density at radius 3 is 2.93 bits per heavy atom. The van der Waals surface area contributed by atoms with Gasteiger partial charge >= 0.3 is 0 Å². The summed E-state index contributed by atoms with van der Waals surface area (Å²) >= 11 is 0. The SMILES string of the molecule is Cn1cc(-c2nncn2C2CC2)cn1. The van der Waals surface area contributed by atoms with Gasteiger partial charge in [0.15, 0.2) is 5.82 Å². The Balaban J connectivity index is 2.06. The molecule has 5 nitrogen and oxygen atoms in total. The molecular formula is C9H11N5. The van der Waals surface area contributed by atoms with Crippen molar-refractivity contribution in [2.45, 2.75) is 18.9 Å². The third-order valence-corrected chi connectivity index (χ3v) is 2.48. The second-order valence-electron chi connectivity index (χ2n) is 3.70. The quantitative estimate of drug-likeness (QED) is 0.708. The standard InChI is InChI=1S/C9H11N5/c1-13-5-7(4-11-13)9-12-10-6-14(9)8-2-3-8/h4-6,8H,2-3H2,1H3. The molecule has 2 aromatic heterocycles. The minimum atomic E-state index is 0.611. The Labute approximate surface area is 81.4 Å². The molecule has 0 aromatic carbocycles. The maximum atomic E-state index is 4.13. The van der Waals surface area contributed by atoms with Gasteiger partial charge in [-0.1, -0.05) is 0 Å². The summed E-state index contributed by atoms with van der Waals surface area (Å²) in [6.07, 6.45) is 8.07. The maximum Gasteiger partial charge on any atom is 0.167 e. The zero-order valence-corrected chi connectivity index (χ0v) is 7.96. The molecule has 1 aliphatic rings. The molecule has 5 heteroatoms. The maximum absolute atomic E-state index is 4.13. The van der Waals surface area contributed by atoms with Gasteiger partial charge in [0, 0.05) is 19.3 Å². The van der Waals surface area contributed by atoms with Crippen molar-refractivity contribution in [1.29, 1.82) is 0 Å². The number of rotatable bonds is 2. The minimum Gasteiger partial charge on any atom is -0.310 e. The molecule has 0 spiro atoms. The van der Waals surface area contributed by atoms with Crippen LogP contribution in [0.2, 0.25) is 0 Å². The Morgan fingerprint density at radius 1 is 1.43 bits per heavy atom. The van der Waals surface area contributed by atoms with E-state index in [-0.39, 0.29) is 0 Å². The number of hydrogen-bond acceptors (Lipinski definition) is 3. The first-order valence-corrected chi connectivity index (χ1v) is 4.73. The molecular weight excluding hydrogens is 178 g/mol. The van der Waals surface area contributed by atoms with Gasteiger partial charge < -0.3 is 4.57 Å². The van der Waals surface area contributed by atoms with Crippen LogP contribution in [-0.2, 0) is 7.05 Å². The summed E-state index contributed by atoms with van der Waals surface area (Å²) in [5, 5.41) is 12.2. The van der Waals surface area contributed by atoms with E-state index in [1.807, 2.05) is 19.4 Å². The minimum absolute atomic E-state index is 0.611. The van der Waals surface area contributed by atoms with Crippen molar-refractivity contribution >= 4 is 0 Å². The van der Waals surface area contributed by atoms with Crippen molar-refractivity contribution in [3.63, 3.8) is 0 Å². The Morgan fingerprint density at radius 2 is 2.29 bits per heavy atom. The van der Waals surface area contributed by atoms with Crippen LogP contribution in [-0.4, -0.2) is 24.5 Å². The van der Waals surface area contributed by atoms with Gasteiger partial charge in [-0.05, 0) is 12.8 Å².